The molecule has 0 saturated heterocycles. The maximum atomic E-state index is 11.6. The largest absolute Gasteiger partial charge is 0.481 e. The number of aryl methyl sites for hydroxylation is 2. The number of rotatable bonds is 6. The van der Waals surface area contributed by atoms with Gasteiger partial charge in [0.1, 0.15) is 0 Å². The van der Waals surface area contributed by atoms with Crippen LogP contribution in [0.1, 0.15) is 36.7 Å². The fourth-order valence-electron chi connectivity index (χ4n) is 2.44. The minimum atomic E-state index is -0.810. The number of benzene rings is 1. The van der Waals surface area contributed by atoms with Crippen LogP contribution in [0, 0.1) is 0 Å². The molecule has 1 N–H and O–H groups in total. The first kappa shape index (κ1) is 15.8. The molecular weight excluding hydrogens is 332 g/mol. The molecule has 0 aliphatic heterocycles. The predicted molar refractivity (Wildman–Crippen MR) is 85.5 cm³/mol. The van der Waals surface area contributed by atoms with Gasteiger partial charge in [-0.15, -0.1) is 0 Å². The number of carboxylic acid groups (broad SMARTS) is 1. The van der Waals surface area contributed by atoms with E-state index in [-0.39, 0.29) is 0 Å². The Morgan fingerprint density at radius 1 is 1.33 bits per heavy atom. The van der Waals surface area contributed by atoms with Gasteiger partial charge in [0.15, 0.2) is 0 Å². The van der Waals surface area contributed by atoms with Crippen molar-refractivity contribution in [3.05, 3.63) is 51.8 Å². The fourth-order valence-corrected chi connectivity index (χ4v) is 3.16. The van der Waals surface area contributed by atoms with E-state index in [4.69, 9.17) is 0 Å². The molecule has 1 atom stereocenters. The molecule has 0 bridgehead atoms. The number of halogens is 1. The molecule has 0 saturated carbocycles. The van der Waals surface area contributed by atoms with Crippen molar-refractivity contribution in [3.63, 3.8) is 0 Å². The lowest BCUT2D eigenvalue weighted by molar-refractivity contribution is -0.138. The minimum absolute atomic E-state index is 0.431. The smallest absolute Gasteiger partial charge is 0.311 e. The lowest BCUT2D eigenvalue weighted by Gasteiger charge is -2.14. The first-order valence-electron chi connectivity index (χ1n) is 7.10. The fraction of sp³-hybridized carbons (Fsp3) is 0.375. The summed E-state index contributed by atoms with van der Waals surface area (Å²) in [4.78, 5) is 11.6. The van der Waals surface area contributed by atoms with E-state index in [1.54, 1.807) is 0 Å². The molecule has 0 aliphatic carbocycles. The van der Waals surface area contributed by atoms with Gasteiger partial charge in [-0.05, 0) is 34.8 Å². The third-order valence-electron chi connectivity index (χ3n) is 3.59. The van der Waals surface area contributed by atoms with Gasteiger partial charge in [-0.3, -0.25) is 9.48 Å². The van der Waals surface area contributed by atoms with Crippen molar-refractivity contribution in [1.82, 2.24) is 9.78 Å². The zero-order chi connectivity index (χ0) is 15.4. The van der Waals surface area contributed by atoms with Gasteiger partial charge >= 0.3 is 5.97 Å². The second-order valence-electron chi connectivity index (χ2n) is 4.88. The van der Waals surface area contributed by atoms with Gasteiger partial charge in [0.25, 0.3) is 0 Å². The number of nitrogens with zero attached hydrogens (tertiary/aromatic N) is 2. The van der Waals surface area contributed by atoms with Crippen LogP contribution in [0.3, 0.4) is 0 Å². The Balaban J connectivity index is 2.38. The van der Waals surface area contributed by atoms with E-state index in [0.717, 1.165) is 34.4 Å². The first-order chi connectivity index (χ1) is 10.1. The topological polar surface area (TPSA) is 55.1 Å². The quantitative estimate of drug-likeness (QED) is 0.865. The Bertz CT molecular complexity index is 623. The van der Waals surface area contributed by atoms with Crippen LogP contribution in [0.2, 0.25) is 0 Å². The number of aliphatic carboxylic acids is 1. The molecule has 2 aromatic rings. The number of carbonyl (C=O) groups is 1. The van der Waals surface area contributed by atoms with E-state index < -0.39 is 11.9 Å². The lowest BCUT2D eigenvalue weighted by Crippen LogP contribution is -2.17. The van der Waals surface area contributed by atoms with E-state index in [1.807, 2.05) is 48.9 Å². The highest BCUT2D eigenvalue weighted by molar-refractivity contribution is 9.10. The molecule has 0 fully saturated rings. The SMILES string of the molecule is CCc1nn(CC)c(CC(C(=O)O)c2ccccc2)c1Br. The molecule has 1 aromatic heterocycles. The molecule has 0 radical (unpaired) electrons. The van der Waals surface area contributed by atoms with Gasteiger partial charge in [-0.25, -0.2) is 0 Å². The van der Waals surface area contributed by atoms with E-state index in [1.165, 1.54) is 0 Å². The summed E-state index contributed by atoms with van der Waals surface area (Å²) in [6.45, 7) is 4.79. The predicted octanol–water partition coefficient (Wildman–Crippen LogP) is 3.64. The molecule has 21 heavy (non-hydrogen) atoms. The van der Waals surface area contributed by atoms with Crippen LogP contribution in [0.4, 0.5) is 0 Å². The van der Waals surface area contributed by atoms with Crippen molar-refractivity contribution in [1.29, 1.82) is 0 Å². The van der Waals surface area contributed by atoms with Gasteiger partial charge in [0, 0.05) is 13.0 Å². The Morgan fingerprint density at radius 2 is 2.00 bits per heavy atom. The van der Waals surface area contributed by atoms with Gasteiger partial charge in [0.2, 0.25) is 0 Å². The summed E-state index contributed by atoms with van der Waals surface area (Å²) in [6.07, 6.45) is 1.25. The second kappa shape index (κ2) is 6.89. The lowest BCUT2D eigenvalue weighted by atomic mass is 9.94. The number of aromatic nitrogens is 2. The molecule has 4 nitrogen and oxygen atoms in total. The van der Waals surface area contributed by atoms with Crippen LogP contribution in [0.25, 0.3) is 0 Å². The average molecular weight is 351 g/mol. The number of carboxylic acids is 1. The van der Waals surface area contributed by atoms with Crippen molar-refractivity contribution in [2.45, 2.75) is 39.2 Å². The highest BCUT2D eigenvalue weighted by Crippen LogP contribution is 2.28. The summed E-state index contributed by atoms with van der Waals surface area (Å²) in [7, 11) is 0. The van der Waals surface area contributed by atoms with Crippen LogP contribution in [-0.4, -0.2) is 20.9 Å². The monoisotopic (exact) mass is 350 g/mol. The summed E-state index contributed by atoms with van der Waals surface area (Å²) in [5.41, 5.74) is 2.74. The van der Waals surface area contributed by atoms with Crippen LogP contribution in [0.5, 0.6) is 0 Å². The van der Waals surface area contributed by atoms with E-state index in [2.05, 4.69) is 21.0 Å². The highest BCUT2D eigenvalue weighted by Gasteiger charge is 2.24. The van der Waals surface area contributed by atoms with E-state index >= 15 is 0 Å². The Hall–Kier alpha value is -1.62. The zero-order valence-electron chi connectivity index (χ0n) is 12.2. The van der Waals surface area contributed by atoms with Gasteiger partial charge in [0.05, 0.1) is 21.8 Å². The molecule has 112 valence electrons. The molecule has 5 heteroatoms. The molecule has 2 rings (SSSR count). The van der Waals surface area contributed by atoms with Gasteiger partial charge in [-0.1, -0.05) is 37.3 Å². The summed E-state index contributed by atoms with van der Waals surface area (Å²) < 4.78 is 2.83. The Morgan fingerprint density at radius 3 is 2.52 bits per heavy atom. The normalized spacial score (nSPS) is 12.3. The Kier molecular flexibility index (Phi) is 5.17. The van der Waals surface area contributed by atoms with Crippen molar-refractivity contribution in [2.24, 2.45) is 0 Å². The zero-order valence-corrected chi connectivity index (χ0v) is 13.8. The number of hydrogen-bond donors (Lipinski definition) is 1. The third-order valence-corrected chi connectivity index (χ3v) is 4.51. The molecule has 0 amide bonds. The Labute approximate surface area is 132 Å². The van der Waals surface area contributed by atoms with E-state index in [9.17, 15) is 9.90 Å². The molecule has 0 spiro atoms. The summed E-state index contributed by atoms with van der Waals surface area (Å²) in [5.74, 6) is -1.37. The van der Waals surface area contributed by atoms with Crippen LogP contribution in [0.15, 0.2) is 34.8 Å². The first-order valence-corrected chi connectivity index (χ1v) is 7.89. The van der Waals surface area contributed by atoms with Crippen LogP contribution < -0.4 is 0 Å². The summed E-state index contributed by atoms with van der Waals surface area (Å²) in [5, 5.41) is 14.1. The van der Waals surface area contributed by atoms with E-state index in [0.29, 0.717) is 6.42 Å². The second-order valence-corrected chi connectivity index (χ2v) is 5.68. The minimum Gasteiger partial charge on any atom is -0.481 e. The third kappa shape index (κ3) is 3.35. The van der Waals surface area contributed by atoms with Crippen molar-refractivity contribution < 1.29 is 9.90 Å². The molecule has 0 aliphatic rings. The highest BCUT2D eigenvalue weighted by atomic mass is 79.9. The molecule has 1 heterocycles. The average Bonchev–Trinajstić information content (AvgIpc) is 2.80. The van der Waals surface area contributed by atoms with Crippen molar-refractivity contribution in [3.8, 4) is 0 Å². The van der Waals surface area contributed by atoms with Gasteiger partial charge < -0.3 is 5.11 Å². The standard InChI is InChI=1S/C16H19BrN2O2/c1-3-13-15(17)14(19(4-2)18-13)10-12(16(20)21)11-8-6-5-7-9-11/h5-9,12H,3-4,10H2,1-2H3,(H,20,21). The summed E-state index contributed by atoms with van der Waals surface area (Å²) >= 11 is 3.58. The maximum Gasteiger partial charge on any atom is 0.311 e. The summed E-state index contributed by atoms with van der Waals surface area (Å²) in [6, 6.07) is 9.35. The van der Waals surface area contributed by atoms with Crippen molar-refractivity contribution in [2.75, 3.05) is 0 Å². The van der Waals surface area contributed by atoms with Crippen LogP contribution in [-0.2, 0) is 24.2 Å². The van der Waals surface area contributed by atoms with Crippen molar-refractivity contribution >= 4 is 21.9 Å². The van der Waals surface area contributed by atoms with Crippen LogP contribution >= 0.6 is 15.9 Å². The molecule has 1 aromatic carbocycles. The molecular formula is C16H19BrN2O2. The molecule has 1 unspecified atom stereocenters. The van der Waals surface area contributed by atoms with Gasteiger partial charge in [-0.2, -0.15) is 5.10 Å². The maximum absolute atomic E-state index is 11.6. The number of hydrogen-bond acceptors (Lipinski definition) is 2.